The minimum Gasteiger partial charge on any atom is -0.463 e. The topological polar surface area (TPSA) is 65.5 Å². The standard InChI is InChI=1S/C13H13NO3/c1-8-5-3-4-6-9(8)11-7-10(14)12(17-11)13(15)16-2/h3-7H,14H2,1-2H3. The van der Waals surface area contributed by atoms with E-state index in [2.05, 4.69) is 4.74 Å². The highest BCUT2D eigenvalue weighted by Crippen LogP contribution is 2.29. The predicted molar refractivity (Wildman–Crippen MR) is 64.6 cm³/mol. The molecule has 0 aliphatic carbocycles. The van der Waals surface area contributed by atoms with Gasteiger partial charge in [-0.15, -0.1) is 0 Å². The Morgan fingerprint density at radius 1 is 1.35 bits per heavy atom. The number of hydrogen-bond donors (Lipinski definition) is 1. The smallest absolute Gasteiger partial charge is 0.376 e. The first-order valence-corrected chi connectivity index (χ1v) is 5.17. The van der Waals surface area contributed by atoms with Crippen molar-refractivity contribution in [1.29, 1.82) is 0 Å². The molecule has 0 unspecified atom stereocenters. The van der Waals surface area contributed by atoms with Crippen LogP contribution in [0.15, 0.2) is 34.7 Å². The lowest BCUT2D eigenvalue weighted by Gasteiger charge is -2.00. The lowest BCUT2D eigenvalue weighted by molar-refractivity contribution is 0.0567. The molecule has 2 rings (SSSR count). The highest BCUT2D eigenvalue weighted by molar-refractivity contribution is 5.93. The largest absolute Gasteiger partial charge is 0.463 e. The number of nitrogen functional groups attached to an aromatic ring is 1. The van der Waals surface area contributed by atoms with Crippen molar-refractivity contribution in [1.82, 2.24) is 0 Å². The summed E-state index contributed by atoms with van der Waals surface area (Å²) in [6.45, 7) is 1.96. The fourth-order valence-corrected chi connectivity index (χ4v) is 1.64. The number of anilines is 1. The number of methoxy groups -OCH3 is 1. The number of hydrogen-bond acceptors (Lipinski definition) is 4. The lowest BCUT2D eigenvalue weighted by Crippen LogP contribution is -2.02. The number of esters is 1. The number of benzene rings is 1. The van der Waals surface area contributed by atoms with Crippen molar-refractivity contribution in [2.24, 2.45) is 0 Å². The van der Waals surface area contributed by atoms with Gasteiger partial charge in [0.2, 0.25) is 5.76 Å². The molecule has 0 fully saturated rings. The third-order valence-corrected chi connectivity index (χ3v) is 2.54. The number of rotatable bonds is 2. The van der Waals surface area contributed by atoms with Crippen LogP contribution < -0.4 is 5.73 Å². The van der Waals surface area contributed by atoms with Crippen LogP contribution in [0.3, 0.4) is 0 Å². The van der Waals surface area contributed by atoms with Crippen molar-refractivity contribution in [3.05, 3.63) is 41.7 Å². The summed E-state index contributed by atoms with van der Waals surface area (Å²) in [4.78, 5) is 11.4. The van der Waals surface area contributed by atoms with Crippen molar-refractivity contribution in [2.75, 3.05) is 12.8 Å². The summed E-state index contributed by atoms with van der Waals surface area (Å²) in [5, 5.41) is 0. The van der Waals surface area contributed by atoms with Gasteiger partial charge >= 0.3 is 5.97 Å². The van der Waals surface area contributed by atoms with Gasteiger partial charge in [-0.3, -0.25) is 0 Å². The van der Waals surface area contributed by atoms with Crippen LogP contribution in [0.5, 0.6) is 0 Å². The highest BCUT2D eigenvalue weighted by Gasteiger charge is 2.18. The maximum Gasteiger partial charge on any atom is 0.376 e. The molecule has 2 aromatic rings. The second-order valence-corrected chi connectivity index (χ2v) is 3.70. The Bertz CT molecular complexity index is 558. The molecule has 1 aromatic carbocycles. The highest BCUT2D eigenvalue weighted by atomic mass is 16.5. The molecule has 0 atom stereocenters. The minimum absolute atomic E-state index is 0.0470. The zero-order valence-electron chi connectivity index (χ0n) is 9.69. The summed E-state index contributed by atoms with van der Waals surface area (Å²) >= 11 is 0. The first-order valence-electron chi connectivity index (χ1n) is 5.17. The van der Waals surface area contributed by atoms with E-state index in [1.165, 1.54) is 7.11 Å². The Hall–Kier alpha value is -2.23. The molecule has 0 aliphatic rings. The van der Waals surface area contributed by atoms with Crippen LogP contribution in [0.1, 0.15) is 16.1 Å². The van der Waals surface area contributed by atoms with E-state index >= 15 is 0 Å². The summed E-state index contributed by atoms with van der Waals surface area (Å²) in [5.74, 6) is 0.0501. The van der Waals surface area contributed by atoms with E-state index in [0.29, 0.717) is 5.76 Å². The number of ether oxygens (including phenoxy) is 1. The van der Waals surface area contributed by atoms with Crippen LogP contribution in [0.4, 0.5) is 5.69 Å². The molecule has 1 heterocycles. The predicted octanol–water partition coefficient (Wildman–Crippen LogP) is 2.62. The van der Waals surface area contributed by atoms with E-state index < -0.39 is 5.97 Å². The van der Waals surface area contributed by atoms with Gasteiger partial charge in [-0.05, 0) is 12.5 Å². The van der Waals surface area contributed by atoms with Gasteiger partial charge in [0.05, 0.1) is 12.8 Å². The van der Waals surface area contributed by atoms with E-state index in [0.717, 1.165) is 11.1 Å². The van der Waals surface area contributed by atoms with Gasteiger partial charge in [-0.2, -0.15) is 0 Å². The zero-order chi connectivity index (χ0) is 12.4. The third kappa shape index (κ3) is 2.01. The van der Waals surface area contributed by atoms with E-state index in [1.807, 2.05) is 31.2 Å². The molecule has 2 N–H and O–H groups in total. The van der Waals surface area contributed by atoms with Crippen molar-refractivity contribution >= 4 is 11.7 Å². The molecule has 17 heavy (non-hydrogen) atoms. The SMILES string of the molecule is COC(=O)c1oc(-c2ccccc2C)cc1N. The van der Waals surface area contributed by atoms with Crippen LogP contribution in [0.25, 0.3) is 11.3 Å². The molecule has 88 valence electrons. The second-order valence-electron chi connectivity index (χ2n) is 3.70. The lowest BCUT2D eigenvalue weighted by atomic mass is 10.1. The van der Waals surface area contributed by atoms with Crippen LogP contribution in [0.2, 0.25) is 0 Å². The van der Waals surface area contributed by atoms with Crippen LogP contribution in [0, 0.1) is 6.92 Å². The van der Waals surface area contributed by atoms with Crippen LogP contribution in [-0.4, -0.2) is 13.1 Å². The van der Waals surface area contributed by atoms with Crippen molar-refractivity contribution in [2.45, 2.75) is 6.92 Å². The average Bonchev–Trinajstić information content (AvgIpc) is 2.71. The Balaban J connectivity index is 2.49. The Morgan fingerprint density at radius 2 is 2.06 bits per heavy atom. The second kappa shape index (κ2) is 4.33. The normalized spacial score (nSPS) is 10.2. The number of carbonyl (C=O) groups is 1. The number of aryl methyl sites for hydroxylation is 1. The van der Waals surface area contributed by atoms with Gasteiger partial charge < -0.3 is 14.9 Å². The first kappa shape index (κ1) is 11.3. The summed E-state index contributed by atoms with van der Waals surface area (Å²) in [6.07, 6.45) is 0. The average molecular weight is 231 g/mol. The molecule has 4 heteroatoms. The molecule has 0 aliphatic heterocycles. The molecule has 4 nitrogen and oxygen atoms in total. The quantitative estimate of drug-likeness (QED) is 0.807. The molecule has 1 aromatic heterocycles. The first-order chi connectivity index (χ1) is 8.13. The Labute approximate surface area is 99.0 Å². The van der Waals surface area contributed by atoms with Gasteiger partial charge in [0.15, 0.2) is 0 Å². The molecule has 0 amide bonds. The maximum atomic E-state index is 11.4. The van der Waals surface area contributed by atoms with E-state index in [1.54, 1.807) is 6.07 Å². The van der Waals surface area contributed by atoms with E-state index in [4.69, 9.17) is 10.2 Å². The summed E-state index contributed by atoms with van der Waals surface area (Å²) < 4.78 is 10.0. The zero-order valence-corrected chi connectivity index (χ0v) is 9.69. The van der Waals surface area contributed by atoms with Gasteiger partial charge in [0.1, 0.15) is 5.76 Å². The minimum atomic E-state index is -0.567. The maximum absolute atomic E-state index is 11.4. The third-order valence-electron chi connectivity index (χ3n) is 2.54. The van der Waals surface area contributed by atoms with E-state index in [-0.39, 0.29) is 11.4 Å². The molecule has 0 radical (unpaired) electrons. The molecule has 0 saturated carbocycles. The van der Waals surface area contributed by atoms with Crippen molar-refractivity contribution in [3.63, 3.8) is 0 Å². The molecular weight excluding hydrogens is 218 g/mol. The monoisotopic (exact) mass is 231 g/mol. The summed E-state index contributed by atoms with van der Waals surface area (Å²) in [5.41, 5.74) is 7.96. The van der Waals surface area contributed by atoms with Gasteiger partial charge in [0, 0.05) is 11.6 Å². The van der Waals surface area contributed by atoms with Crippen molar-refractivity contribution in [3.8, 4) is 11.3 Å². The molecule has 0 saturated heterocycles. The van der Waals surface area contributed by atoms with Crippen LogP contribution >= 0.6 is 0 Å². The van der Waals surface area contributed by atoms with Crippen molar-refractivity contribution < 1.29 is 13.9 Å². The van der Waals surface area contributed by atoms with Gasteiger partial charge in [-0.25, -0.2) is 4.79 Å². The van der Waals surface area contributed by atoms with Crippen LogP contribution in [-0.2, 0) is 4.74 Å². The summed E-state index contributed by atoms with van der Waals surface area (Å²) in [7, 11) is 1.29. The Morgan fingerprint density at radius 3 is 2.71 bits per heavy atom. The number of nitrogens with two attached hydrogens (primary N) is 1. The number of furan rings is 1. The number of carbonyl (C=O) groups excluding carboxylic acids is 1. The fourth-order valence-electron chi connectivity index (χ4n) is 1.64. The van der Waals surface area contributed by atoms with Gasteiger partial charge in [-0.1, -0.05) is 24.3 Å². The molecule has 0 spiro atoms. The molecule has 0 bridgehead atoms. The summed E-state index contributed by atoms with van der Waals surface area (Å²) in [6, 6.07) is 9.35. The molecular formula is C13H13NO3. The van der Waals surface area contributed by atoms with E-state index in [9.17, 15) is 4.79 Å². The fraction of sp³-hybridized carbons (Fsp3) is 0.154. The van der Waals surface area contributed by atoms with Gasteiger partial charge in [0.25, 0.3) is 0 Å². The Kier molecular flexibility index (Phi) is 2.87.